The van der Waals surface area contributed by atoms with Crippen molar-refractivity contribution in [2.24, 2.45) is 5.73 Å². The molecule has 0 spiro atoms. The molecule has 1 aromatic heterocycles. The predicted molar refractivity (Wildman–Crippen MR) is 80.7 cm³/mol. The summed E-state index contributed by atoms with van der Waals surface area (Å²) in [4.78, 5) is 15.7. The molecule has 1 amide bonds. The van der Waals surface area contributed by atoms with Crippen molar-refractivity contribution in [3.63, 3.8) is 0 Å². The first-order valence-corrected chi connectivity index (χ1v) is 7.88. The number of carbonyl (C=O) groups is 1. The minimum Gasteiger partial charge on any atom is -0.378 e. The summed E-state index contributed by atoms with van der Waals surface area (Å²) in [6, 6.07) is 4.05. The van der Waals surface area contributed by atoms with Gasteiger partial charge in [0.2, 0.25) is 5.91 Å². The molecule has 1 saturated heterocycles. The van der Waals surface area contributed by atoms with Crippen LogP contribution in [-0.2, 0) is 9.53 Å². The van der Waals surface area contributed by atoms with E-state index in [1.54, 1.807) is 11.3 Å². The summed E-state index contributed by atoms with van der Waals surface area (Å²) in [5.41, 5.74) is 5.95. The maximum atomic E-state index is 12.3. The maximum Gasteiger partial charge on any atom is 0.239 e. The minimum atomic E-state index is -0.262. The number of carbonyl (C=O) groups excluding carboxylic acids is 1. The molecule has 2 atom stereocenters. The molecule has 1 aromatic rings. The van der Waals surface area contributed by atoms with E-state index in [1.807, 2.05) is 25.3 Å². The van der Waals surface area contributed by atoms with Crippen molar-refractivity contribution >= 4 is 17.2 Å². The van der Waals surface area contributed by atoms with Gasteiger partial charge in [0, 0.05) is 24.0 Å². The number of amides is 1. The van der Waals surface area contributed by atoms with Gasteiger partial charge in [-0.2, -0.15) is 0 Å². The van der Waals surface area contributed by atoms with Crippen LogP contribution in [0.15, 0.2) is 17.5 Å². The lowest BCUT2D eigenvalue weighted by Gasteiger charge is -2.39. The zero-order valence-corrected chi connectivity index (χ0v) is 12.9. The number of nitrogens with zero attached hydrogens (tertiary/aromatic N) is 1. The Morgan fingerprint density at radius 1 is 1.65 bits per heavy atom. The SMILES string of the molecule is CC(C)NC(=O)C1COCCN1C(CN)c1cccs1. The average molecular weight is 297 g/mol. The van der Waals surface area contributed by atoms with Crippen molar-refractivity contribution in [1.29, 1.82) is 0 Å². The molecule has 0 saturated carbocycles. The van der Waals surface area contributed by atoms with Crippen molar-refractivity contribution in [1.82, 2.24) is 10.2 Å². The molecule has 20 heavy (non-hydrogen) atoms. The number of nitrogens with two attached hydrogens (primary N) is 1. The molecule has 0 bridgehead atoms. The molecule has 2 unspecified atom stereocenters. The average Bonchev–Trinajstić information content (AvgIpc) is 2.93. The second-order valence-electron chi connectivity index (χ2n) is 5.26. The fourth-order valence-electron chi connectivity index (χ4n) is 2.49. The van der Waals surface area contributed by atoms with Gasteiger partial charge in [0.1, 0.15) is 6.04 Å². The van der Waals surface area contributed by atoms with E-state index in [4.69, 9.17) is 10.5 Å². The smallest absolute Gasteiger partial charge is 0.239 e. The third-order valence-corrected chi connectivity index (χ3v) is 4.37. The van der Waals surface area contributed by atoms with E-state index in [0.29, 0.717) is 19.8 Å². The summed E-state index contributed by atoms with van der Waals surface area (Å²) >= 11 is 1.68. The van der Waals surface area contributed by atoms with Gasteiger partial charge in [-0.3, -0.25) is 9.69 Å². The van der Waals surface area contributed by atoms with Crippen LogP contribution in [0.4, 0.5) is 0 Å². The van der Waals surface area contributed by atoms with E-state index in [1.165, 1.54) is 4.88 Å². The lowest BCUT2D eigenvalue weighted by atomic mass is 10.1. The molecule has 1 fully saturated rings. The van der Waals surface area contributed by atoms with Crippen LogP contribution in [-0.4, -0.2) is 49.2 Å². The van der Waals surface area contributed by atoms with Gasteiger partial charge in [-0.1, -0.05) is 6.07 Å². The van der Waals surface area contributed by atoms with Crippen LogP contribution in [0.3, 0.4) is 0 Å². The molecule has 2 heterocycles. The molecular formula is C14H23N3O2S. The highest BCUT2D eigenvalue weighted by molar-refractivity contribution is 7.10. The Labute approximate surface area is 124 Å². The van der Waals surface area contributed by atoms with Gasteiger partial charge in [0.15, 0.2) is 0 Å². The van der Waals surface area contributed by atoms with Crippen molar-refractivity contribution < 1.29 is 9.53 Å². The number of hydrogen-bond donors (Lipinski definition) is 2. The number of ether oxygens (including phenoxy) is 1. The maximum absolute atomic E-state index is 12.3. The van der Waals surface area contributed by atoms with Gasteiger partial charge < -0.3 is 15.8 Å². The highest BCUT2D eigenvalue weighted by atomic mass is 32.1. The van der Waals surface area contributed by atoms with E-state index in [2.05, 4.69) is 16.3 Å². The van der Waals surface area contributed by atoms with Crippen molar-refractivity contribution in [2.45, 2.75) is 32.0 Å². The first-order chi connectivity index (χ1) is 9.63. The van der Waals surface area contributed by atoms with Crippen LogP contribution in [0, 0.1) is 0 Å². The number of thiophene rings is 1. The van der Waals surface area contributed by atoms with E-state index in [0.717, 1.165) is 6.54 Å². The molecule has 1 aliphatic heterocycles. The number of hydrogen-bond acceptors (Lipinski definition) is 5. The molecule has 5 nitrogen and oxygen atoms in total. The Morgan fingerprint density at radius 3 is 3.05 bits per heavy atom. The summed E-state index contributed by atoms with van der Waals surface area (Å²) in [5, 5.41) is 5.01. The van der Waals surface area contributed by atoms with Gasteiger partial charge in [0.05, 0.1) is 19.3 Å². The first-order valence-electron chi connectivity index (χ1n) is 7.00. The zero-order valence-electron chi connectivity index (χ0n) is 12.0. The molecule has 0 radical (unpaired) electrons. The zero-order chi connectivity index (χ0) is 14.5. The second kappa shape index (κ2) is 7.17. The highest BCUT2D eigenvalue weighted by Crippen LogP contribution is 2.27. The normalized spacial score (nSPS) is 21.9. The van der Waals surface area contributed by atoms with E-state index in [-0.39, 0.29) is 24.0 Å². The largest absolute Gasteiger partial charge is 0.378 e. The summed E-state index contributed by atoms with van der Waals surface area (Å²) in [6.07, 6.45) is 0. The van der Waals surface area contributed by atoms with Gasteiger partial charge in [0.25, 0.3) is 0 Å². The van der Waals surface area contributed by atoms with Crippen molar-refractivity contribution in [3.8, 4) is 0 Å². The Hall–Kier alpha value is -0.950. The van der Waals surface area contributed by atoms with E-state index >= 15 is 0 Å². The molecule has 2 rings (SSSR count). The first kappa shape index (κ1) is 15.4. The van der Waals surface area contributed by atoms with Crippen LogP contribution in [0.1, 0.15) is 24.8 Å². The number of rotatable bonds is 5. The topological polar surface area (TPSA) is 67.6 Å². The quantitative estimate of drug-likeness (QED) is 0.850. The van der Waals surface area contributed by atoms with Gasteiger partial charge in [-0.05, 0) is 25.3 Å². The summed E-state index contributed by atoms with van der Waals surface area (Å²) in [6.45, 7) is 6.24. The monoisotopic (exact) mass is 297 g/mol. The second-order valence-corrected chi connectivity index (χ2v) is 6.24. The van der Waals surface area contributed by atoms with Crippen LogP contribution in [0.2, 0.25) is 0 Å². The van der Waals surface area contributed by atoms with Crippen molar-refractivity contribution in [3.05, 3.63) is 22.4 Å². The predicted octanol–water partition coefficient (Wildman–Crippen LogP) is 0.973. The van der Waals surface area contributed by atoms with Crippen LogP contribution >= 0.6 is 11.3 Å². The number of morpholine rings is 1. The fraction of sp³-hybridized carbons (Fsp3) is 0.643. The van der Waals surface area contributed by atoms with Gasteiger partial charge >= 0.3 is 0 Å². The van der Waals surface area contributed by atoms with Crippen LogP contribution in [0.25, 0.3) is 0 Å². The molecule has 112 valence electrons. The number of nitrogens with one attached hydrogen (secondary N) is 1. The van der Waals surface area contributed by atoms with Crippen molar-refractivity contribution in [2.75, 3.05) is 26.3 Å². The lowest BCUT2D eigenvalue weighted by Crippen LogP contribution is -2.56. The molecule has 3 N–H and O–H groups in total. The molecular weight excluding hydrogens is 274 g/mol. The van der Waals surface area contributed by atoms with E-state index in [9.17, 15) is 4.79 Å². The molecule has 1 aliphatic rings. The lowest BCUT2D eigenvalue weighted by molar-refractivity contribution is -0.135. The van der Waals surface area contributed by atoms with Gasteiger partial charge in [-0.25, -0.2) is 0 Å². The van der Waals surface area contributed by atoms with Crippen LogP contribution < -0.4 is 11.1 Å². The minimum absolute atomic E-state index is 0.0229. The molecule has 6 heteroatoms. The summed E-state index contributed by atoms with van der Waals surface area (Å²) in [5.74, 6) is 0.0229. The summed E-state index contributed by atoms with van der Waals surface area (Å²) < 4.78 is 5.49. The van der Waals surface area contributed by atoms with Gasteiger partial charge in [-0.15, -0.1) is 11.3 Å². The molecule has 0 aliphatic carbocycles. The highest BCUT2D eigenvalue weighted by Gasteiger charge is 2.34. The third-order valence-electron chi connectivity index (χ3n) is 3.40. The Bertz CT molecular complexity index is 422. The van der Waals surface area contributed by atoms with E-state index < -0.39 is 0 Å². The summed E-state index contributed by atoms with van der Waals surface area (Å²) in [7, 11) is 0. The standard InChI is InChI=1S/C14H23N3O2S/c1-10(2)16-14(18)12-9-19-6-5-17(12)11(8-15)13-4-3-7-20-13/h3-4,7,10-12H,5-6,8-9,15H2,1-2H3,(H,16,18). The fourth-order valence-corrected chi connectivity index (χ4v) is 3.35. The molecule has 0 aromatic carbocycles. The van der Waals surface area contributed by atoms with Crippen LogP contribution in [0.5, 0.6) is 0 Å². The Balaban J connectivity index is 2.15. The Kier molecular flexibility index (Phi) is 5.54. The Morgan fingerprint density at radius 2 is 2.45 bits per heavy atom. The third kappa shape index (κ3) is 3.58.